The molecule has 2 rings (SSSR count). The van der Waals surface area contributed by atoms with Crippen LogP contribution >= 0.6 is 11.8 Å². The molecule has 0 saturated heterocycles. The molecule has 162 valence electrons. The summed E-state index contributed by atoms with van der Waals surface area (Å²) in [7, 11) is 3.08. The zero-order valence-corrected chi connectivity index (χ0v) is 18.3. The van der Waals surface area contributed by atoms with Crippen LogP contribution in [0.1, 0.15) is 16.8 Å². The average molecular weight is 433 g/mol. The lowest BCUT2D eigenvalue weighted by atomic mass is 10.1. The Bertz CT molecular complexity index is 831. The fourth-order valence-electron chi connectivity index (χ4n) is 2.77. The van der Waals surface area contributed by atoms with Crippen LogP contribution in [0, 0.1) is 0 Å². The molecule has 0 spiro atoms. The second-order valence-corrected chi connectivity index (χ2v) is 7.28. The predicted molar refractivity (Wildman–Crippen MR) is 119 cm³/mol. The molecule has 0 aliphatic carbocycles. The summed E-state index contributed by atoms with van der Waals surface area (Å²) < 4.78 is 16.1. The molecule has 0 aromatic heterocycles. The van der Waals surface area contributed by atoms with Gasteiger partial charge in [-0.25, -0.2) is 0 Å². The van der Waals surface area contributed by atoms with Crippen molar-refractivity contribution in [1.29, 1.82) is 0 Å². The zero-order valence-electron chi connectivity index (χ0n) is 17.5. The highest BCUT2D eigenvalue weighted by atomic mass is 32.2. The number of ether oxygens (including phenoxy) is 3. The van der Waals surface area contributed by atoms with Crippen LogP contribution < -0.4 is 24.8 Å². The molecule has 0 radical (unpaired) electrons. The summed E-state index contributed by atoms with van der Waals surface area (Å²) in [4.78, 5) is 25.3. The SMILES string of the molecule is COc1ccccc1OCCNC(=O)C(CCSC)NC(=O)c1ccccc1OC. The average Bonchev–Trinajstić information content (AvgIpc) is 2.79. The molecule has 1 unspecified atom stereocenters. The number of thioether (sulfide) groups is 1. The van der Waals surface area contributed by atoms with Crippen molar-refractivity contribution in [3.8, 4) is 17.2 Å². The predicted octanol–water partition coefficient (Wildman–Crippen LogP) is 2.75. The van der Waals surface area contributed by atoms with Gasteiger partial charge in [0, 0.05) is 0 Å². The Hall–Kier alpha value is -2.87. The molecule has 0 aliphatic rings. The van der Waals surface area contributed by atoms with E-state index in [2.05, 4.69) is 10.6 Å². The van der Waals surface area contributed by atoms with E-state index in [1.807, 2.05) is 18.4 Å². The van der Waals surface area contributed by atoms with Gasteiger partial charge in [-0.05, 0) is 42.7 Å². The largest absolute Gasteiger partial charge is 0.496 e. The molecule has 0 bridgehead atoms. The van der Waals surface area contributed by atoms with E-state index < -0.39 is 6.04 Å². The van der Waals surface area contributed by atoms with Gasteiger partial charge < -0.3 is 24.8 Å². The van der Waals surface area contributed by atoms with E-state index in [1.54, 1.807) is 55.3 Å². The highest BCUT2D eigenvalue weighted by molar-refractivity contribution is 7.98. The maximum atomic E-state index is 12.7. The molecular formula is C22H28N2O5S. The monoisotopic (exact) mass is 432 g/mol. The third-order valence-electron chi connectivity index (χ3n) is 4.31. The van der Waals surface area contributed by atoms with Crippen molar-refractivity contribution >= 4 is 23.6 Å². The molecule has 2 N–H and O–H groups in total. The van der Waals surface area contributed by atoms with Crippen molar-refractivity contribution in [2.75, 3.05) is 39.4 Å². The molecule has 2 amide bonds. The van der Waals surface area contributed by atoms with E-state index in [0.29, 0.717) is 35.8 Å². The van der Waals surface area contributed by atoms with Gasteiger partial charge in [0.2, 0.25) is 5.91 Å². The highest BCUT2D eigenvalue weighted by Crippen LogP contribution is 2.25. The maximum absolute atomic E-state index is 12.7. The Morgan fingerprint density at radius 3 is 2.27 bits per heavy atom. The first-order valence-electron chi connectivity index (χ1n) is 9.57. The number of amides is 2. The summed E-state index contributed by atoms with van der Waals surface area (Å²) in [5, 5.41) is 5.64. The molecule has 0 aliphatic heterocycles. The van der Waals surface area contributed by atoms with E-state index in [0.717, 1.165) is 5.75 Å². The van der Waals surface area contributed by atoms with Gasteiger partial charge in [-0.3, -0.25) is 9.59 Å². The lowest BCUT2D eigenvalue weighted by Crippen LogP contribution is -2.48. The van der Waals surface area contributed by atoms with E-state index in [4.69, 9.17) is 14.2 Å². The van der Waals surface area contributed by atoms with E-state index in [9.17, 15) is 9.59 Å². The second-order valence-electron chi connectivity index (χ2n) is 6.30. The number of hydrogen-bond donors (Lipinski definition) is 2. The summed E-state index contributed by atoms with van der Waals surface area (Å²) in [6.45, 7) is 0.582. The highest BCUT2D eigenvalue weighted by Gasteiger charge is 2.22. The second kappa shape index (κ2) is 12.6. The van der Waals surface area contributed by atoms with Crippen molar-refractivity contribution in [2.45, 2.75) is 12.5 Å². The van der Waals surface area contributed by atoms with Crippen LogP contribution in [0.15, 0.2) is 48.5 Å². The summed E-state index contributed by atoms with van der Waals surface area (Å²) in [6.07, 6.45) is 2.47. The standard InChI is InChI=1S/C22H28N2O5S/c1-27-18-9-5-4-8-16(18)21(25)24-17(12-15-30-3)22(26)23-13-14-29-20-11-7-6-10-19(20)28-2/h4-11,17H,12-15H2,1-3H3,(H,23,26)(H,24,25). The normalized spacial score (nSPS) is 11.3. The van der Waals surface area contributed by atoms with Crippen molar-refractivity contribution in [1.82, 2.24) is 10.6 Å². The molecule has 0 fully saturated rings. The number of carbonyl (C=O) groups is 2. The number of hydrogen-bond acceptors (Lipinski definition) is 6. The molecule has 0 saturated carbocycles. The molecule has 0 heterocycles. The summed E-state index contributed by atoms with van der Waals surface area (Å²) in [6, 6.07) is 13.6. The van der Waals surface area contributed by atoms with Crippen LogP contribution in [-0.2, 0) is 4.79 Å². The van der Waals surface area contributed by atoms with Gasteiger partial charge in [-0.15, -0.1) is 0 Å². The Morgan fingerprint density at radius 1 is 0.967 bits per heavy atom. The fourth-order valence-corrected chi connectivity index (χ4v) is 3.24. The number of nitrogens with one attached hydrogen (secondary N) is 2. The zero-order chi connectivity index (χ0) is 21.8. The van der Waals surface area contributed by atoms with Crippen molar-refractivity contribution in [3.05, 3.63) is 54.1 Å². The van der Waals surface area contributed by atoms with Crippen molar-refractivity contribution < 1.29 is 23.8 Å². The van der Waals surface area contributed by atoms with Gasteiger partial charge in [0.1, 0.15) is 18.4 Å². The minimum absolute atomic E-state index is 0.254. The van der Waals surface area contributed by atoms with Crippen molar-refractivity contribution in [3.63, 3.8) is 0 Å². The Morgan fingerprint density at radius 2 is 1.60 bits per heavy atom. The van der Waals surface area contributed by atoms with Gasteiger partial charge in [0.25, 0.3) is 5.91 Å². The lowest BCUT2D eigenvalue weighted by molar-refractivity contribution is -0.123. The molecule has 2 aromatic rings. The van der Waals surface area contributed by atoms with Crippen LogP contribution in [0.3, 0.4) is 0 Å². The maximum Gasteiger partial charge on any atom is 0.255 e. The van der Waals surface area contributed by atoms with Crippen molar-refractivity contribution in [2.24, 2.45) is 0 Å². The number of benzene rings is 2. The molecule has 7 nitrogen and oxygen atoms in total. The van der Waals surface area contributed by atoms with E-state index in [-0.39, 0.29) is 18.4 Å². The van der Waals surface area contributed by atoms with E-state index in [1.165, 1.54) is 7.11 Å². The van der Waals surface area contributed by atoms with Crippen LogP contribution in [0.5, 0.6) is 17.2 Å². The Balaban J connectivity index is 1.92. The summed E-state index contributed by atoms with van der Waals surface area (Å²) in [5.74, 6) is 1.84. The van der Waals surface area contributed by atoms with Crippen LogP contribution in [0.4, 0.5) is 0 Å². The quantitative estimate of drug-likeness (QED) is 0.502. The van der Waals surface area contributed by atoms with Gasteiger partial charge >= 0.3 is 0 Å². The number of carbonyl (C=O) groups excluding carboxylic acids is 2. The van der Waals surface area contributed by atoms with E-state index >= 15 is 0 Å². The smallest absolute Gasteiger partial charge is 0.255 e. The third-order valence-corrected chi connectivity index (χ3v) is 4.96. The Kier molecular flexibility index (Phi) is 9.86. The topological polar surface area (TPSA) is 85.9 Å². The fraction of sp³-hybridized carbons (Fsp3) is 0.364. The first kappa shape index (κ1) is 23.4. The van der Waals surface area contributed by atoms with Gasteiger partial charge in [0.15, 0.2) is 11.5 Å². The summed E-state index contributed by atoms with van der Waals surface area (Å²) in [5.41, 5.74) is 0.390. The minimum atomic E-state index is -0.652. The van der Waals surface area contributed by atoms with Crippen LogP contribution in [0.2, 0.25) is 0 Å². The number of methoxy groups -OCH3 is 2. The van der Waals surface area contributed by atoms with Gasteiger partial charge in [0.05, 0.1) is 26.3 Å². The first-order valence-corrected chi connectivity index (χ1v) is 11.0. The third kappa shape index (κ3) is 6.88. The minimum Gasteiger partial charge on any atom is -0.496 e. The lowest BCUT2D eigenvalue weighted by Gasteiger charge is -2.19. The van der Waals surface area contributed by atoms with Gasteiger partial charge in [-0.1, -0.05) is 24.3 Å². The number of rotatable bonds is 12. The van der Waals surface area contributed by atoms with Gasteiger partial charge in [-0.2, -0.15) is 11.8 Å². The molecule has 1 atom stereocenters. The van der Waals surface area contributed by atoms with Crippen LogP contribution in [0.25, 0.3) is 0 Å². The Labute approximate surface area is 181 Å². The molecular weight excluding hydrogens is 404 g/mol. The number of para-hydroxylation sites is 3. The molecule has 30 heavy (non-hydrogen) atoms. The first-order chi connectivity index (χ1) is 14.6. The summed E-state index contributed by atoms with van der Waals surface area (Å²) >= 11 is 1.61. The molecule has 8 heteroatoms. The van der Waals surface area contributed by atoms with Crippen LogP contribution in [-0.4, -0.2) is 57.2 Å². The molecule has 2 aromatic carbocycles.